The standard InChI is InChI=1S/C34H59N3O8/c1-13-15-41-33(9)17-19(3)18-35-24(8)28-34(10,45-32(40)36-28)26(14-2)43-30(39)23(7)27(38)22(6)29(33)44-31-21(5)25(37(11)12)16-20(4)42-31/h13,19-26,28-29,31,35H,1,14-18H2,2-12H3,(H,36,40)/t19-,20?,21?,22+,23?,24-,25?,26-,28-,29-,31+,33-,34-/m1/s1. The average Bonchev–Trinajstić information content (AvgIpc) is 3.30. The summed E-state index contributed by atoms with van der Waals surface area (Å²) in [7, 11) is 4.11. The molecule has 2 N–H and O–H groups in total. The molecule has 3 rings (SSSR count). The van der Waals surface area contributed by atoms with Gasteiger partial charge < -0.3 is 39.2 Å². The van der Waals surface area contributed by atoms with Crippen molar-refractivity contribution >= 4 is 17.8 Å². The lowest BCUT2D eigenvalue weighted by Crippen LogP contribution is -2.60. The first-order valence-corrected chi connectivity index (χ1v) is 16.7. The second-order valence-electron chi connectivity index (χ2n) is 14.4. The number of cyclic esters (lactones) is 1. The largest absolute Gasteiger partial charge is 0.458 e. The van der Waals surface area contributed by atoms with Gasteiger partial charge in [0.05, 0.1) is 30.5 Å². The fraction of sp³-hybridized carbons (Fsp3) is 0.853. The van der Waals surface area contributed by atoms with Crippen molar-refractivity contribution in [3.8, 4) is 0 Å². The molecule has 0 aromatic rings. The third kappa shape index (κ3) is 8.27. The minimum absolute atomic E-state index is 0.0155. The van der Waals surface area contributed by atoms with Gasteiger partial charge in [0.1, 0.15) is 12.0 Å². The third-order valence-corrected chi connectivity index (χ3v) is 10.3. The first-order chi connectivity index (χ1) is 21.0. The summed E-state index contributed by atoms with van der Waals surface area (Å²) in [5.74, 6) is -2.73. The molecule has 13 atom stereocenters. The normalized spacial score (nSPS) is 43.8. The van der Waals surface area contributed by atoms with E-state index in [1.807, 2.05) is 27.7 Å². The summed E-state index contributed by atoms with van der Waals surface area (Å²) in [6.45, 7) is 22.0. The first-order valence-electron chi connectivity index (χ1n) is 16.7. The van der Waals surface area contributed by atoms with Crippen molar-refractivity contribution in [3.63, 3.8) is 0 Å². The first kappa shape index (κ1) is 37.4. The lowest BCUT2D eigenvalue weighted by atomic mass is 9.78. The minimum Gasteiger partial charge on any atom is -0.458 e. The van der Waals surface area contributed by atoms with Crippen LogP contribution in [0.15, 0.2) is 12.7 Å². The Morgan fingerprint density at radius 1 is 1.09 bits per heavy atom. The highest BCUT2D eigenvalue weighted by Crippen LogP contribution is 2.39. The molecular formula is C34H59N3O8. The van der Waals surface area contributed by atoms with Gasteiger partial charge in [0, 0.05) is 23.9 Å². The van der Waals surface area contributed by atoms with Crippen LogP contribution in [-0.4, -0.2) is 104 Å². The molecule has 0 radical (unpaired) electrons. The number of ketones is 1. The van der Waals surface area contributed by atoms with E-state index in [-0.39, 0.29) is 42.4 Å². The van der Waals surface area contributed by atoms with Crippen molar-refractivity contribution in [2.75, 3.05) is 27.2 Å². The number of esters is 1. The zero-order valence-electron chi connectivity index (χ0n) is 29.4. The number of rotatable bonds is 7. The van der Waals surface area contributed by atoms with Crippen LogP contribution in [0.5, 0.6) is 0 Å². The molecule has 0 aromatic carbocycles. The van der Waals surface area contributed by atoms with Gasteiger partial charge in [-0.05, 0) is 80.4 Å². The van der Waals surface area contributed by atoms with Crippen LogP contribution in [0.4, 0.5) is 4.79 Å². The van der Waals surface area contributed by atoms with Crippen LogP contribution in [-0.2, 0) is 33.3 Å². The van der Waals surface area contributed by atoms with E-state index in [0.29, 0.717) is 19.4 Å². The SMILES string of the molecule is C=CCO[C@]1(C)C[C@@H](C)CN[C@H](C)[C@H]2NC(=O)O[C@]2(C)[C@@H](CC)OC(=O)C(C)C(=O)[C@H](C)[C@H]1O[C@@H]1OC(C)CC(N(C)C)C1C. The van der Waals surface area contributed by atoms with Gasteiger partial charge in [-0.25, -0.2) is 4.79 Å². The van der Waals surface area contributed by atoms with Crippen molar-refractivity contribution in [2.45, 2.75) is 136 Å². The Hall–Kier alpha value is -2.05. The second kappa shape index (κ2) is 15.2. The molecule has 258 valence electrons. The number of hydrogen-bond donors (Lipinski definition) is 2. The Balaban J connectivity index is 2.07. The van der Waals surface area contributed by atoms with E-state index >= 15 is 0 Å². The average molecular weight is 638 g/mol. The zero-order chi connectivity index (χ0) is 33.9. The molecule has 0 spiro atoms. The topological polar surface area (TPSA) is 125 Å². The maximum absolute atomic E-state index is 14.2. The molecule has 0 bridgehead atoms. The molecule has 3 aliphatic heterocycles. The lowest BCUT2D eigenvalue weighted by Gasteiger charge is -2.47. The number of Topliss-reactive ketones (excluding diaryl/α,β-unsaturated/α-hetero) is 1. The molecule has 45 heavy (non-hydrogen) atoms. The lowest BCUT2D eigenvalue weighted by molar-refractivity contribution is -0.282. The van der Waals surface area contributed by atoms with Gasteiger partial charge in [-0.15, -0.1) is 6.58 Å². The molecular weight excluding hydrogens is 578 g/mol. The predicted octanol–water partition coefficient (Wildman–Crippen LogP) is 4.08. The molecule has 11 nitrogen and oxygen atoms in total. The summed E-state index contributed by atoms with van der Waals surface area (Å²) in [5.41, 5.74) is -2.08. The van der Waals surface area contributed by atoms with Gasteiger partial charge in [0.15, 0.2) is 17.7 Å². The molecule has 3 fully saturated rings. The number of ether oxygens (including phenoxy) is 5. The van der Waals surface area contributed by atoms with Crippen LogP contribution >= 0.6 is 0 Å². The van der Waals surface area contributed by atoms with Gasteiger partial charge in [0.25, 0.3) is 0 Å². The fourth-order valence-corrected chi connectivity index (χ4v) is 7.65. The van der Waals surface area contributed by atoms with Crippen LogP contribution in [0.1, 0.15) is 81.6 Å². The van der Waals surface area contributed by atoms with E-state index in [4.69, 9.17) is 23.7 Å². The number of carbonyl (C=O) groups is 3. The predicted molar refractivity (Wildman–Crippen MR) is 172 cm³/mol. The van der Waals surface area contributed by atoms with E-state index in [1.54, 1.807) is 26.8 Å². The Morgan fingerprint density at radius 2 is 1.76 bits per heavy atom. The van der Waals surface area contributed by atoms with E-state index < -0.39 is 59.6 Å². The summed E-state index contributed by atoms with van der Waals surface area (Å²) in [5, 5.41) is 6.50. The number of alkyl carbamates (subject to hydrolysis) is 1. The summed E-state index contributed by atoms with van der Waals surface area (Å²) >= 11 is 0. The van der Waals surface area contributed by atoms with Crippen molar-refractivity contribution in [3.05, 3.63) is 12.7 Å². The highest BCUT2D eigenvalue weighted by atomic mass is 16.7. The van der Waals surface area contributed by atoms with Gasteiger partial charge >= 0.3 is 12.1 Å². The number of hydrogen-bond acceptors (Lipinski definition) is 10. The number of nitrogens with zero attached hydrogens (tertiary/aromatic N) is 1. The van der Waals surface area contributed by atoms with E-state index in [2.05, 4.69) is 50.1 Å². The van der Waals surface area contributed by atoms with Crippen LogP contribution in [0.25, 0.3) is 0 Å². The Kier molecular flexibility index (Phi) is 12.7. The maximum Gasteiger partial charge on any atom is 0.408 e. The summed E-state index contributed by atoms with van der Waals surface area (Å²) in [6.07, 6.45) is 0.792. The number of carbonyl (C=O) groups excluding carboxylic acids is 3. The summed E-state index contributed by atoms with van der Waals surface area (Å²) in [4.78, 5) is 42.5. The molecule has 3 aliphatic rings. The van der Waals surface area contributed by atoms with Gasteiger partial charge in [-0.3, -0.25) is 9.59 Å². The molecule has 3 saturated heterocycles. The minimum atomic E-state index is -1.13. The second-order valence-corrected chi connectivity index (χ2v) is 14.4. The molecule has 3 heterocycles. The Morgan fingerprint density at radius 3 is 2.36 bits per heavy atom. The van der Waals surface area contributed by atoms with Crippen LogP contribution in [0, 0.1) is 23.7 Å². The Labute approximate surface area is 270 Å². The number of nitrogens with one attached hydrogen (secondary N) is 2. The summed E-state index contributed by atoms with van der Waals surface area (Å²) < 4.78 is 31.6. The molecule has 11 heteroatoms. The molecule has 0 aromatic heterocycles. The van der Waals surface area contributed by atoms with Crippen molar-refractivity contribution in [1.82, 2.24) is 15.5 Å². The van der Waals surface area contributed by atoms with E-state index in [9.17, 15) is 14.4 Å². The number of fused-ring (bicyclic) bond motifs is 1. The monoisotopic (exact) mass is 637 g/mol. The molecule has 0 saturated carbocycles. The van der Waals surface area contributed by atoms with E-state index in [1.165, 1.54) is 0 Å². The zero-order valence-corrected chi connectivity index (χ0v) is 29.4. The summed E-state index contributed by atoms with van der Waals surface area (Å²) in [6, 6.07) is -0.463. The van der Waals surface area contributed by atoms with Crippen molar-refractivity contribution < 1.29 is 38.1 Å². The van der Waals surface area contributed by atoms with Gasteiger partial charge in [0.2, 0.25) is 0 Å². The third-order valence-electron chi connectivity index (χ3n) is 10.3. The highest BCUT2D eigenvalue weighted by Gasteiger charge is 2.55. The van der Waals surface area contributed by atoms with Crippen LogP contribution in [0.2, 0.25) is 0 Å². The quantitative estimate of drug-likeness (QED) is 0.240. The van der Waals surface area contributed by atoms with Crippen molar-refractivity contribution in [2.24, 2.45) is 23.7 Å². The van der Waals surface area contributed by atoms with Crippen LogP contribution < -0.4 is 10.6 Å². The van der Waals surface area contributed by atoms with Crippen LogP contribution in [0.3, 0.4) is 0 Å². The molecule has 1 amide bonds. The molecule has 4 unspecified atom stereocenters. The number of amides is 1. The van der Waals surface area contributed by atoms with Gasteiger partial charge in [-0.2, -0.15) is 0 Å². The highest BCUT2D eigenvalue weighted by molar-refractivity contribution is 6.00. The van der Waals surface area contributed by atoms with Crippen molar-refractivity contribution in [1.29, 1.82) is 0 Å². The maximum atomic E-state index is 14.2. The smallest absolute Gasteiger partial charge is 0.408 e. The fourth-order valence-electron chi connectivity index (χ4n) is 7.65. The van der Waals surface area contributed by atoms with E-state index in [0.717, 1.165) is 6.42 Å². The van der Waals surface area contributed by atoms with Gasteiger partial charge in [-0.1, -0.05) is 33.8 Å². The Bertz CT molecular complexity index is 1060. The molecule has 0 aliphatic carbocycles.